The van der Waals surface area contributed by atoms with E-state index in [1.807, 2.05) is 37.6 Å². The van der Waals surface area contributed by atoms with Crippen LogP contribution in [0.2, 0.25) is 0 Å². The van der Waals surface area contributed by atoms with Crippen LogP contribution in [0.25, 0.3) is 10.2 Å². The van der Waals surface area contributed by atoms with Crippen molar-refractivity contribution in [3.63, 3.8) is 0 Å². The van der Waals surface area contributed by atoms with Crippen molar-refractivity contribution in [1.82, 2.24) is 14.9 Å². The summed E-state index contributed by atoms with van der Waals surface area (Å²) >= 11 is 1.43. The third-order valence-electron chi connectivity index (χ3n) is 3.97. The highest BCUT2D eigenvalue weighted by atomic mass is 32.1. The maximum absolute atomic E-state index is 12.0. The van der Waals surface area contributed by atoms with Gasteiger partial charge in [-0.15, -0.1) is 11.3 Å². The molecule has 122 valence electrons. The first-order valence-corrected chi connectivity index (χ1v) is 8.62. The van der Waals surface area contributed by atoms with Gasteiger partial charge in [0.25, 0.3) is 5.56 Å². The fourth-order valence-electron chi connectivity index (χ4n) is 2.61. The molecule has 3 aromatic heterocycles. The summed E-state index contributed by atoms with van der Waals surface area (Å²) in [6, 6.07) is 5.93. The highest BCUT2D eigenvalue weighted by Gasteiger charge is 2.12. The fraction of sp³-hybridized carbons (Fsp3) is 0.412. The summed E-state index contributed by atoms with van der Waals surface area (Å²) in [7, 11) is 2.04. The Morgan fingerprint density at radius 3 is 2.96 bits per heavy atom. The molecule has 0 radical (unpaired) electrons. The number of H-pyrrole nitrogens is 1. The molecule has 23 heavy (non-hydrogen) atoms. The van der Waals surface area contributed by atoms with E-state index in [0.29, 0.717) is 23.0 Å². The van der Waals surface area contributed by atoms with Crippen molar-refractivity contribution in [2.45, 2.75) is 32.7 Å². The van der Waals surface area contributed by atoms with Crippen molar-refractivity contribution in [3.8, 4) is 0 Å². The summed E-state index contributed by atoms with van der Waals surface area (Å²) in [5.41, 5.74) is 0.731. The Morgan fingerprint density at radius 1 is 1.39 bits per heavy atom. The third kappa shape index (κ3) is 3.71. The molecule has 0 aromatic carbocycles. The van der Waals surface area contributed by atoms with Crippen LogP contribution in [0.3, 0.4) is 0 Å². The van der Waals surface area contributed by atoms with Crippen molar-refractivity contribution < 1.29 is 4.42 Å². The second-order valence-corrected chi connectivity index (χ2v) is 6.94. The number of nitrogens with zero attached hydrogens (tertiary/aromatic N) is 2. The number of furan rings is 1. The van der Waals surface area contributed by atoms with E-state index >= 15 is 0 Å². The van der Waals surface area contributed by atoms with Gasteiger partial charge in [0, 0.05) is 5.92 Å². The van der Waals surface area contributed by atoms with Crippen LogP contribution in [-0.2, 0) is 6.54 Å². The number of hydrogen-bond acceptors (Lipinski definition) is 5. The molecular formula is C17H21N3O2S. The van der Waals surface area contributed by atoms with Gasteiger partial charge in [-0.1, -0.05) is 6.92 Å². The van der Waals surface area contributed by atoms with Gasteiger partial charge in [-0.05, 0) is 50.5 Å². The first-order chi connectivity index (χ1) is 11.0. The van der Waals surface area contributed by atoms with Crippen LogP contribution in [0.4, 0.5) is 0 Å². The molecule has 0 aliphatic heterocycles. The topological polar surface area (TPSA) is 62.1 Å². The predicted octanol–water partition coefficient (Wildman–Crippen LogP) is 3.51. The van der Waals surface area contributed by atoms with E-state index < -0.39 is 0 Å². The zero-order valence-electron chi connectivity index (χ0n) is 13.6. The van der Waals surface area contributed by atoms with E-state index in [2.05, 4.69) is 21.8 Å². The minimum absolute atomic E-state index is 0.0483. The molecule has 1 atom stereocenters. The van der Waals surface area contributed by atoms with Crippen LogP contribution in [0.15, 0.2) is 32.8 Å². The van der Waals surface area contributed by atoms with Gasteiger partial charge in [0.1, 0.15) is 22.0 Å². The van der Waals surface area contributed by atoms with Gasteiger partial charge < -0.3 is 9.40 Å². The van der Waals surface area contributed by atoms with E-state index in [4.69, 9.17) is 4.42 Å². The maximum Gasteiger partial charge on any atom is 0.268 e. The van der Waals surface area contributed by atoms with E-state index in [-0.39, 0.29) is 5.56 Å². The number of fused-ring (bicyclic) bond motifs is 1. The minimum Gasteiger partial charge on any atom is -0.466 e. The Kier molecular flexibility index (Phi) is 4.63. The number of nitrogens with one attached hydrogen (secondary N) is 1. The number of thiophene rings is 1. The van der Waals surface area contributed by atoms with E-state index in [1.54, 1.807) is 0 Å². The van der Waals surface area contributed by atoms with Gasteiger partial charge >= 0.3 is 0 Å². The van der Waals surface area contributed by atoms with Gasteiger partial charge in [0.05, 0.1) is 12.1 Å². The van der Waals surface area contributed by atoms with Crippen molar-refractivity contribution in [1.29, 1.82) is 0 Å². The third-order valence-corrected chi connectivity index (χ3v) is 4.88. The molecule has 3 heterocycles. The monoisotopic (exact) mass is 331 g/mol. The van der Waals surface area contributed by atoms with Crippen molar-refractivity contribution in [3.05, 3.63) is 51.3 Å². The molecule has 0 aliphatic carbocycles. The second-order valence-electron chi connectivity index (χ2n) is 6.02. The number of aromatic nitrogens is 2. The number of aromatic amines is 1. The molecule has 6 heteroatoms. The molecule has 0 saturated heterocycles. The SMILES string of the molecule is Cc1ccc([C@@H](C)CCN(C)Cc2nc3ccsc3c(=O)[nH]2)o1. The lowest BCUT2D eigenvalue weighted by Crippen LogP contribution is -2.23. The second kappa shape index (κ2) is 6.68. The molecule has 0 amide bonds. The van der Waals surface area contributed by atoms with Crippen LogP contribution < -0.4 is 5.56 Å². The number of aryl methyl sites for hydroxylation is 1. The summed E-state index contributed by atoms with van der Waals surface area (Å²) in [6.45, 7) is 5.67. The highest BCUT2D eigenvalue weighted by Crippen LogP contribution is 2.21. The van der Waals surface area contributed by atoms with Gasteiger partial charge in [-0.3, -0.25) is 9.69 Å². The normalized spacial score (nSPS) is 13.0. The quantitative estimate of drug-likeness (QED) is 0.751. The van der Waals surface area contributed by atoms with Crippen LogP contribution in [0.5, 0.6) is 0 Å². The molecule has 0 aliphatic rings. The molecule has 0 fully saturated rings. The molecular weight excluding hydrogens is 310 g/mol. The number of hydrogen-bond donors (Lipinski definition) is 1. The number of rotatable bonds is 6. The molecule has 0 unspecified atom stereocenters. The average Bonchev–Trinajstić information content (AvgIpc) is 3.13. The predicted molar refractivity (Wildman–Crippen MR) is 93.1 cm³/mol. The van der Waals surface area contributed by atoms with Gasteiger partial charge in [-0.25, -0.2) is 4.98 Å². The Balaban J connectivity index is 1.60. The Hall–Kier alpha value is -1.92. The minimum atomic E-state index is -0.0483. The van der Waals surface area contributed by atoms with Gasteiger partial charge in [0.15, 0.2) is 0 Å². The molecule has 0 bridgehead atoms. The molecule has 3 aromatic rings. The van der Waals surface area contributed by atoms with Crippen molar-refractivity contribution in [2.24, 2.45) is 0 Å². The molecule has 5 nitrogen and oxygen atoms in total. The van der Waals surface area contributed by atoms with Crippen LogP contribution >= 0.6 is 11.3 Å². The summed E-state index contributed by atoms with van der Waals surface area (Å²) in [4.78, 5) is 21.5. The Labute approximate surface area is 139 Å². The smallest absolute Gasteiger partial charge is 0.268 e. The van der Waals surface area contributed by atoms with Gasteiger partial charge in [0.2, 0.25) is 0 Å². The lowest BCUT2D eigenvalue weighted by atomic mass is 10.1. The van der Waals surface area contributed by atoms with Crippen LogP contribution in [-0.4, -0.2) is 28.5 Å². The zero-order chi connectivity index (χ0) is 16.4. The largest absolute Gasteiger partial charge is 0.466 e. The van der Waals surface area contributed by atoms with Crippen LogP contribution in [0, 0.1) is 6.92 Å². The molecule has 1 N–H and O–H groups in total. The standard InChI is InChI=1S/C17H21N3O2S/c1-11(14-5-4-12(2)22-14)6-8-20(3)10-15-18-13-7-9-23-16(13)17(21)19-15/h4-5,7,9,11H,6,8,10H2,1-3H3,(H,18,19,21)/t11-/m0/s1. The van der Waals surface area contributed by atoms with Gasteiger partial charge in [-0.2, -0.15) is 0 Å². The Bertz CT molecular complexity index is 849. The fourth-order valence-corrected chi connectivity index (χ4v) is 3.33. The molecule has 3 rings (SSSR count). The van der Waals surface area contributed by atoms with Crippen molar-refractivity contribution in [2.75, 3.05) is 13.6 Å². The first kappa shape index (κ1) is 16.0. The van der Waals surface area contributed by atoms with E-state index in [1.165, 1.54) is 11.3 Å². The zero-order valence-corrected chi connectivity index (χ0v) is 14.4. The average molecular weight is 331 g/mol. The van der Waals surface area contributed by atoms with Crippen molar-refractivity contribution >= 4 is 21.6 Å². The van der Waals surface area contributed by atoms with E-state index in [9.17, 15) is 4.79 Å². The Morgan fingerprint density at radius 2 is 2.22 bits per heavy atom. The van der Waals surface area contributed by atoms with E-state index in [0.717, 1.165) is 30.0 Å². The lowest BCUT2D eigenvalue weighted by molar-refractivity contribution is 0.298. The molecule has 0 saturated carbocycles. The summed E-state index contributed by atoms with van der Waals surface area (Å²) in [5.74, 6) is 3.07. The summed E-state index contributed by atoms with van der Waals surface area (Å²) < 4.78 is 6.37. The van der Waals surface area contributed by atoms with Crippen LogP contribution in [0.1, 0.15) is 36.6 Å². The lowest BCUT2D eigenvalue weighted by Gasteiger charge is -2.18. The molecule has 0 spiro atoms. The summed E-state index contributed by atoms with van der Waals surface area (Å²) in [5, 5.41) is 1.90. The summed E-state index contributed by atoms with van der Waals surface area (Å²) in [6.07, 6.45) is 0.994. The highest BCUT2D eigenvalue weighted by molar-refractivity contribution is 7.17. The first-order valence-electron chi connectivity index (χ1n) is 7.74. The maximum atomic E-state index is 12.0.